The Balaban J connectivity index is 2.32. The van der Waals surface area contributed by atoms with Crippen molar-refractivity contribution in [3.8, 4) is 11.8 Å². The number of ether oxygens (including phenoxy) is 1. The number of benzene rings is 1. The monoisotopic (exact) mass is 295 g/mol. The standard InChI is InChI=1S/C15H21NO3S/c1-3-13(2)12-20(17,18)10-4-9-19-15-7-5-14(11-16)6-8-15/h5-8,13H,3-4,9-10,12H2,1-2H3. The zero-order valence-corrected chi connectivity index (χ0v) is 12.8. The summed E-state index contributed by atoms with van der Waals surface area (Å²) in [5.41, 5.74) is 0.577. The van der Waals surface area contributed by atoms with Crippen LogP contribution in [0.1, 0.15) is 32.3 Å². The molecule has 5 heteroatoms. The quantitative estimate of drug-likeness (QED) is 0.692. The van der Waals surface area contributed by atoms with Crippen LogP contribution < -0.4 is 4.74 Å². The lowest BCUT2D eigenvalue weighted by molar-refractivity contribution is 0.317. The third kappa shape index (κ3) is 6.07. The molecule has 0 saturated heterocycles. The molecule has 110 valence electrons. The molecule has 0 aliphatic heterocycles. The van der Waals surface area contributed by atoms with Crippen LogP contribution in [-0.2, 0) is 9.84 Å². The molecule has 20 heavy (non-hydrogen) atoms. The van der Waals surface area contributed by atoms with E-state index in [4.69, 9.17) is 10.00 Å². The van der Waals surface area contributed by atoms with Crippen LogP contribution in [0, 0.1) is 17.2 Å². The molecule has 0 heterocycles. The van der Waals surface area contributed by atoms with E-state index in [9.17, 15) is 8.42 Å². The molecule has 0 spiro atoms. The Hall–Kier alpha value is -1.54. The highest BCUT2D eigenvalue weighted by Gasteiger charge is 2.14. The van der Waals surface area contributed by atoms with E-state index in [1.54, 1.807) is 24.3 Å². The summed E-state index contributed by atoms with van der Waals surface area (Å²) in [6, 6.07) is 8.81. The van der Waals surface area contributed by atoms with Gasteiger partial charge >= 0.3 is 0 Å². The fraction of sp³-hybridized carbons (Fsp3) is 0.533. The van der Waals surface area contributed by atoms with Crippen LogP contribution in [0.3, 0.4) is 0 Å². The van der Waals surface area contributed by atoms with E-state index in [1.807, 2.05) is 19.9 Å². The van der Waals surface area contributed by atoms with Crippen molar-refractivity contribution in [1.82, 2.24) is 0 Å². The lowest BCUT2D eigenvalue weighted by Crippen LogP contribution is -2.18. The van der Waals surface area contributed by atoms with Gasteiger partial charge in [0.15, 0.2) is 9.84 Å². The second kappa shape index (κ2) is 7.91. The van der Waals surface area contributed by atoms with Crippen molar-refractivity contribution in [1.29, 1.82) is 5.26 Å². The minimum atomic E-state index is -2.98. The van der Waals surface area contributed by atoms with Crippen LogP contribution >= 0.6 is 0 Å². The van der Waals surface area contributed by atoms with Crippen LogP contribution in [0.25, 0.3) is 0 Å². The summed E-state index contributed by atoms with van der Waals surface area (Å²) >= 11 is 0. The van der Waals surface area contributed by atoms with E-state index in [2.05, 4.69) is 0 Å². The molecule has 0 bridgehead atoms. The van der Waals surface area contributed by atoms with E-state index in [-0.39, 0.29) is 17.4 Å². The highest BCUT2D eigenvalue weighted by molar-refractivity contribution is 7.91. The first-order valence-corrected chi connectivity index (χ1v) is 8.62. The molecule has 0 aromatic heterocycles. The predicted molar refractivity (Wildman–Crippen MR) is 79.4 cm³/mol. The van der Waals surface area contributed by atoms with Crippen LogP contribution in [0.5, 0.6) is 5.75 Å². The lowest BCUT2D eigenvalue weighted by atomic mass is 10.2. The SMILES string of the molecule is CCC(C)CS(=O)(=O)CCCOc1ccc(C#N)cc1. The van der Waals surface area contributed by atoms with Crippen molar-refractivity contribution in [3.63, 3.8) is 0 Å². The Bertz CT molecular complexity index is 543. The summed E-state index contributed by atoms with van der Waals surface area (Å²) in [6.45, 7) is 4.31. The molecule has 1 atom stereocenters. The van der Waals surface area contributed by atoms with Gasteiger partial charge in [0.2, 0.25) is 0 Å². The van der Waals surface area contributed by atoms with Crippen LogP contribution in [-0.4, -0.2) is 26.5 Å². The fourth-order valence-corrected chi connectivity index (χ4v) is 3.56. The van der Waals surface area contributed by atoms with Crippen LogP contribution in [0.2, 0.25) is 0 Å². The first-order chi connectivity index (χ1) is 9.46. The Morgan fingerprint density at radius 3 is 2.50 bits per heavy atom. The first-order valence-electron chi connectivity index (χ1n) is 6.80. The topological polar surface area (TPSA) is 67.2 Å². The van der Waals surface area contributed by atoms with E-state index in [0.717, 1.165) is 6.42 Å². The van der Waals surface area contributed by atoms with Crippen LogP contribution in [0.15, 0.2) is 24.3 Å². The molecular weight excluding hydrogens is 274 g/mol. The molecule has 0 N–H and O–H groups in total. The molecule has 0 fully saturated rings. The third-order valence-corrected chi connectivity index (χ3v) is 5.07. The maximum absolute atomic E-state index is 11.8. The molecule has 4 nitrogen and oxygen atoms in total. The summed E-state index contributed by atoms with van der Waals surface area (Å²) in [5.74, 6) is 1.27. The van der Waals surface area contributed by atoms with Crippen molar-refractivity contribution in [2.45, 2.75) is 26.7 Å². The van der Waals surface area contributed by atoms with Crippen molar-refractivity contribution in [3.05, 3.63) is 29.8 Å². The van der Waals surface area contributed by atoms with Crippen molar-refractivity contribution in [2.24, 2.45) is 5.92 Å². The largest absolute Gasteiger partial charge is 0.494 e. The number of nitriles is 1. The van der Waals surface area contributed by atoms with Gasteiger partial charge in [-0.2, -0.15) is 5.26 Å². The second-order valence-electron chi connectivity index (χ2n) is 4.97. The molecule has 0 aliphatic rings. The highest BCUT2D eigenvalue weighted by atomic mass is 32.2. The zero-order chi connectivity index (χ0) is 15.0. The number of hydrogen-bond acceptors (Lipinski definition) is 4. The third-order valence-electron chi connectivity index (χ3n) is 3.09. The van der Waals surface area contributed by atoms with Crippen molar-refractivity contribution >= 4 is 9.84 Å². The minimum absolute atomic E-state index is 0.160. The number of rotatable bonds is 8. The Morgan fingerprint density at radius 2 is 1.95 bits per heavy atom. The summed E-state index contributed by atoms with van der Waals surface area (Å²) < 4.78 is 29.1. The molecule has 1 aromatic carbocycles. The summed E-state index contributed by atoms with van der Waals surface area (Å²) in [4.78, 5) is 0. The van der Waals surface area contributed by atoms with Gasteiger partial charge < -0.3 is 4.74 Å². The van der Waals surface area contributed by atoms with Gasteiger partial charge in [-0.25, -0.2) is 8.42 Å². The number of sulfone groups is 1. The Labute approximate surface area is 121 Å². The summed E-state index contributed by atoms with van der Waals surface area (Å²) in [6.07, 6.45) is 1.36. The molecule has 1 aromatic rings. The minimum Gasteiger partial charge on any atom is -0.494 e. The van der Waals surface area contributed by atoms with Gasteiger partial charge in [0.25, 0.3) is 0 Å². The van der Waals surface area contributed by atoms with Gasteiger partial charge in [-0.05, 0) is 36.6 Å². The van der Waals surface area contributed by atoms with E-state index < -0.39 is 9.84 Å². The summed E-state index contributed by atoms with van der Waals surface area (Å²) in [5, 5.41) is 8.67. The van der Waals surface area contributed by atoms with Gasteiger partial charge in [0, 0.05) is 0 Å². The van der Waals surface area contributed by atoms with Crippen molar-refractivity contribution < 1.29 is 13.2 Å². The predicted octanol–water partition coefficient (Wildman–Crippen LogP) is 2.79. The molecular formula is C15H21NO3S. The first kappa shape index (κ1) is 16.5. The average molecular weight is 295 g/mol. The molecule has 0 radical (unpaired) electrons. The van der Waals surface area contributed by atoms with E-state index in [1.165, 1.54) is 0 Å². The zero-order valence-electron chi connectivity index (χ0n) is 12.0. The van der Waals surface area contributed by atoms with Gasteiger partial charge in [0.05, 0.1) is 29.7 Å². The normalized spacial score (nSPS) is 12.7. The molecule has 0 amide bonds. The van der Waals surface area contributed by atoms with E-state index >= 15 is 0 Å². The van der Waals surface area contributed by atoms with Crippen molar-refractivity contribution in [2.75, 3.05) is 18.1 Å². The number of nitrogens with zero attached hydrogens (tertiary/aromatic N) is 1. The molecule has 1 unspecified atom stereocenters. The van der Waals surface area contributed by atoms with E-state index in [0.29, 0.717) is 24.3 Å². The highest BCUT2D eigenvalue weighted by Crippen LogP contribution is 2.12. The fourth-order valence-electron chi connectivity index (χ4n) is 1.73. The second-order valence-corrected chi connectivity index (χ2v) is 7.19. The lowest BCUT2D eigenvalue weighted by Gasteiger charge is -2.10. The van der Waals surface area contributed by atoms with Gasteiger partial charge in [-0.3, -0.25) is 0 Å². The molecule has 0 saturated carbocycles. The smallest absolute Gasteiger partial charge is 0.150 e. The molecule has 0 aliphatic carbocycles. The van der Waals surface area contributed by atoms with Gasteiger partial charge in [0.1, 0.15) is 5.75 Å². The Kier molecular flexibility index (Phi) is 6.53. The maximum Gasteiger partial charge on any atom is 0.150 e. The number of hydrogen-bond donors (Lipinski definition) is 0. The summed E-state index contributed by atoms with van der Waals surface area (Å²) in [7, 11) is -2.98. The van der Waals surface area contributed by atoms with Crippen LogP contribution in [0.4, 0.5) is 0 Å². The maximum atomic E-state index is 11.8. The average Bonchev–Trinajstić information content (AvgIpc) is 2.43. The van der Waals surface area contributed by atoms with Gasteiger partial charge in [-0.15, -0.1) is 0 Å². The molecule has 1 rings (SSSR count). The Morgan fingerprint density at radius 1 is 1.30 bits per heavy atom. The van der Waals surface area contributed by atoms with Gasteiger partial charge in [-0.1, -0.05) is 20.3 Å².